The van der Waals surface area contributed by atoms with Gasteiger partial charge in [0.15, 0.2) is 0 Å². The Bertz CT molecular complexity index is 645. The molecule has 2 aromatic rings. The fourth-order valence-corrected chi connectivity index (χ4v) is 2.53. The largest absolute Gasteiger partial charge is 0.438 e. The van der Waals surface area contributed by atoms with Crippen LogP contribution in [-0.2, 0) is 0 Å². The summed E-state index contributed by atoms with van der Waals surface area (Å²) in [5.41, 5.74) is 7.77. The minimum atomic E-state index is 0.438. The molecule has 0 saturated heterocycles. The summed E-state index contributed by atoms with van der Waals surface area (Å²) in [5, 5.41) is 0.702. The van der Waals surface area contributed by atoms with E-state index in [4.69, 9.17) is 22.1 Å². The molecule has 0 spiro atoms. The SMILES string of the molecule is Cc1cc(Cl)cc(C)c1Oc1cc(N)nc(C2CC2)n1. The Morgan fingerprint density at radius 1 is 1.15 bits per heavy atom. The Hall–Kier alpha value is -1.81. The van der Waals surface area contributed by atoms with Gasteiger partial charge >= 0.3 is 0 Å². The highest BCUT2D eigenvalue weighted by Gasteiger charge is 2.27. The zero-order chi connectivity index (χ0) is 14.3. The average molecular weight is 290 g/mol. The van der Waals surface area contributed by atoms with Crippen LogP contribution in [0.3, 0.4) is 0 Å². The van der Waals surface area contributed by atoms with Gasteiger partial charge in [-0.3, -0.25) is 0 Å². The van der Waals surface area contributed by atoms with Gasteiger partial charge in [0.05, 0.1) is 0 Å². The highest BCUT2D eigenvalue weighted by Crippen LogP contribution is 2.39. The van der Waals surface area contributed by atoms with E-state index in [9.17, 15) is 0 Å². The fourth-order valence-electron chi connectivity index (χ4n) is 2.20. The fraction of sp³-hybridized carbons (Fsp3) is 0.333. The molecule has 2 N–H and O–H groups in total. The molecule has 1 saturated carbocycles. The van der Waals surface area contributed by atoms with Gasteiger partial charge in [0.1, 0.15) is 17.4 Å². The predicted molar refractivity (Wildman–Crippen MR) is 79.4 cm³/mol. The van der Waals surface area contributed by atoms with Crippen LogP contribution >= 0.6 is 11.6 Å². The first-order valence-corrected chi connectivity index (χ1v) is 7.00. The lowest BCUT2D eigenvalue weighted by molar-refractivity contribution is 0.452. The van der Waals surface area contributed by atoms with Gasteiger partial charge in [0.2, 0.25) is 5.88 Å². The maximum absolute atomic E-state index is 6.02. The van der Waals surface area contributed by atoms with E-state index >= 15 is 0 Å². The summed E-state index contributed by atoms with van der Waals surface area (Å²) >= 11 is 6.02. The number of nitrogens with two attached hydrogens (primary N) is 1. The molecule has 1 aliphatic carbocycles. The van der Waals surface area contributed by atoms with Gasteiger partial charge in [0, 0.05) is 17.0 Å². The normalized spacial score (nSPS) is 14.3. The van der Waals surface area contributed by atoms with E-state index in [-0.39, 0.29) is 0 Å². The van der Waals surface area contributed by atoms with Crippen molar-refractivity contribution in [1.82, 2.24) is 9.97 Å². The molecule has 20 heavy (non-hydrogen) atoms. The lowest BCUT2D eigenvalue weighted by Gasteiger charge is -2.12. The standard InChI is InChI=1S/C15H16ClN3O/c1-8-5-11(16)6-9(2)14(8)20-13-7-12(17)18-15(19-13)10-3-4-10/h5-7,10H,3-4H2,1-2H3,(H2,17,18,19). The highest BCUT2D eigenvalue weighted by molar-refractivity contribution is 6.30. The quantitative estimate of drug-likeness (QED) is 0.928. The van der Waals surface area contributed by atoms with Gasteiger partial charge in [-0.1, -0.05) is 11.6 Å². The van der Waals surface area contributed by atoms with Crippen molar-refractivity contribution in [3.05, 3.63) is 40.2 Å². The number of hydrogen-bond acceptors (Lipinski definition) is 4. The molecule has 0 amide bonds. The maximum Gasteiger partial charge on any atom is 0.224 e. The van der Waals surface area contributed by atoms with Crippen LogP contribution in [0.25, 0.3) is 0 Å². The molecule has 1 aromatic heterocycles. The number of aromatic nitrogens is 2. The summed E-state index contributed by atoms with van der Waals surface area (Å²) in [7, 11) is 0. The van der Waals surface area contributed by atoms with Crippen LogP contribution in [0.2, 0.25) is 5.02 Å². The van der Waals surface area contributed by atoms with Crippen molar-refractivity contribution in [3.63, 3.8) is 0 Å². The van der Waals surface area contributed by atoms with Crippen LogP contribution in [0, 0.1) is 13.8 Å². The van der Waals surface area contributed by atoms with Crippen LogP contribution < -0.4 is 10.5 Å². The molecule has 0 unspecified atom stereocenters. The molecule has 1 aromatic carbocycles. The summed E-state index contributed by atoms with van der Waals surface area (Å²) in [6, 6.07) is 5.39. The highest BCUT2D eigenvalue weighted by atomic mass is 35.5. The van der Waals surface area contributed by atoms with Crippen LogP contribution in [0.1, 0.15) is 35.7 Å². The van der Waals surface area contributed by atoms with Gasteiger partial charge in [0.25, 0.3) is 0 Å². The smallest absolute Gasteiger partial charge is 0.224 e. The third-order valence-electron chi connectivity index (χ3n) is 3.31. The number of aryl methyl sites for hydroxylation is 2. The Balaban J connectivity index is 1.95. The van der Waals surface area contributed by atoms with E-state index in [1.165, 1.54) is 0 Å². The van der Waals surface area contributed by atoms with E-state index in [0.717, 1.165) is 35.5 Å². The predicted octanol–water partition coefficient (Wildman–Crippen LogP) is 4.00. The van der Waals surface area contributed by atoms with Gasteiger partial charge in [-0.15, -0.1) is 0 Å². The van der Waals surface area contributed by atoms with Crippen LogP contribution in [-0.4, -0.2) is 9.97 Å². The van der Waals surface area contributed by atoms with Crippen molar-refractivity contribution in [3.8, 4) is 11.6 Å². The number of halogens is 1. The number of benzene rings is 1. The minimum Gasteiger partial charge on any atom is -0.438 e. The molecular weight excluding hydrogens is 274 g/mol. The third-order valence-corrected chi connectivity index (χ3v) is 3.53. The van der Waals surface area contributed by atoms with Crippen LogP contribution in [0.4, 0.5) is 5.82 Å². The summed E-state index contributed by atoms with van der Waals surface area (Å²) in [5.74, 6) is 2.93. The van der Waals surface area contributed by atoms with Crippen molar-refractivity contribution in [2.45, 2.75) is 32.6 Å². The van der Waals surface area contributed by atoms with Crippen molar-refractivity contribution in [2.75, 3.05) is 5.73 Å². The number of hydrogen-bond donors (Lipinski definition) is 1. The van der Waals surface area contributed by atoms with Crippen molar-refractivity contribution < 1.29 is 4.74 Å². The molecule has 1 heterocycles. The van der Waals surface area contributed by atoms with E-state index in [1.807, 2.05) is 26.0 Å². The first-order chi connectivity index (χ1) is 9.52. The number of rotatable bonds is 3. The zero-order valence-corrected chi connectivity index (χ0v) is 12.2. The van der Waals surface area contributed by atoms with Crippen LogP contribution in [0.15, 0.2) is 18.2 Å². The summed E-state index contributed by atoms with van der Waals surface area (Å²) < 4.78 is 5.90. The van der Waals surface area contributed by atoms with E-state index in [1.54, 1.807) is 6.07 Å². The third kappa shape index (κ3) is 2.70. The molecule has 5 heteroatoms. The van der Waals surface area contributed by atoms with Crippen molar-refractivity contribution >= 4 is 17.4 Å². The summed E-state index contributed by atoms with van der Waals surface area (Å²) in [6.07, 6.45) is 2.25. The minimum absolute atomic E-state index is 0.438. The number of nitrogens with zero attached hydrogens (tertiary/aromatic N) is 2. The zero-order valence-electron chi connectivity index (χ0n) is 11.5. The first-order valence-electron chi connectivity index (χ1n) is 6.62. The topological polar surface area (TPSA) is 61.0 Å². The van der Waals surface area contributed by atoms with Gasteiger partial charge in [-0.2, -0.15) is 4.98 Å². The average Bonchev–Trinajstić information content (AvgIpc) is 3.17. The van der Waals surface area contributed by atoms with Crippen molar-refractivity contribution in [2.24, 2.45) is 0 Å². The van der Waals surface area contributed by atoms with Gasteiger partial charge in [-0.05, 0) is 49.9 Å². The lowest BCUT2D eigenvalue weighted by Crippen LogP contribution is -2.01. The molecule has 0 bridgehead atoms. The monoisotopic (exact) mass is 289 g/mol. The second kappa shape index (κ2) is 4.94. The van der Waals surface area contributed by atoms with E-state index in [2.05, 4.69) is 9.97 Å². The molecule has 0 radical (unpaired) electrons. The van der Waals surface area contributed by atoms with Crippen LogP contribution in [0.5, 0.6) is 11.6 Å². The molecule has 1 aliphatic rings. The number of anilines is 1. The first kappa shape index (κ1) is 13.2. The van der Waals surface area contributed by atoms with E-state index in [0.29, 0.717) is 22.6 Å². The van der Waals surface area contributed by atoms with Gasteiger partial charge < -0.3 is 10.5 Å². The van der Waals surface area contributed by atoms with E-state index < -0.39 is 0 Å². The Morgan fingerprint density at radius 2 is 1.80 bits per heavy atom. The van der Waals surface area contributed by atoms with Crippen molar-refractivity contribution in [1.29, 1.82) is 0 Å². The second-order valence-electron chi connectivity index (χ2n) is 5.23. The summed E-state index contributed by atoms with van der Waals surface area (Å²) in [4.78, 5) is 8.71. The molecule has 3 rings (SSSR count). The summed E-state index contributed by atoms with van der Waals surface area (Å²) in [6.45, 7) is 3.92. The Kier molecular flexibility index (Phi) is 3.26. The molecular formula is C15H16ClN3O. The van der Waals surface area contributed by atoms with Gasteiger partial charge in [-0.25, -0.2) is 4.98 Å². The number of ether oxygens (including phenoxy) is 1. The Morgan fingerprint density at radius 3 is 2.40 bits per heavy atom. The molecule has 104 valence electrons. The second-order valence-corrected chi connectivity index (χ2v) is 5.67. The number of nitrogen functional groups attached to an aromatic ring is 1. The lowest BCUT2D eigenvalue weighted by atomic mass is 10.1. The Labute approximate surface area is 123 Å². The molecule has 4 nitrogen and oxygen atoms in total. The molecule has 0 atom stereocenters. The maximum atomic E-state index is 6.02. The molecule has 0 aliphatic heterocycles. The molecule has 1 fully saturated rings.